The van der Waals surface area contributed by atoms with E-state index in [-0.39, 0.29) is 12.4 Å². The van der Waals surface area contributed by atoms with Crippen molar-refractivity contribution in [3.63, 3.8) is 0 Å². The molecule has 8 heavy (non-hydrogen) atoms. The highest BCUT2D eigenvalue weighted by Crippen LogP contribution is 2.16. The van der Waals surface area contributed by atoms with Gasteiger partial charge in [-0.3, -0.25) is 0 Å². The van der Waals surface area contributed by atoms with E-state index in [1.165, 1.54) is 0 Å². The van der Waals surface area contributed by atoms with Crippen LogP contribution in [0, 0.1) is 0 Å². The minimum absolute atomic E-state index is 0.0613. The summed E-state index contributed by atoms with van der Waals surface area (Å²) in [6.07, 6.45) is 0.155. The fraction of sp³-hybridized carbons (Fsp3) is 1.00. The van der Waals surface area contributed by atoms with Crippen LogP contribution in [0.4, 0.5) is 0 Å². The Morgan fingerprint density at radius 2 is 2.12 bits per heavy atom. The topological polar surface area (TPSA) is 27.7 Å². The van der Waals surface area contributed by atoms with Gasteiger partial charge in [0.1, 0.15) is 6.10 Å². The summed E-state index contributed by atoms with van der Waals surface area (Å²) in [7, 11) is 0. The van der Waals surface area contributed by atoms with Gasteiger partial charge in [-0.05, 0) is 0 Å². The molecule has 2 saturated heterocycles. The van der Waals surface area contributed by atoms with Crippen molar-refractivity contribution in [2.45, 2.75) is 12.4 Å². The molecule has 0 radical (unpaired) electrons. The van der Waals surface area contributed by atoms with Crippen molar-refractivity contribution in [3.05, 3.63) is 0 Å². The zero-order valence-electron chi connectivity index (χ0n) is 4.50. The van der Waals surface area contributed by atoms with Crippen molar-refractivity contribution in [1.82, 2.24) is 0 Å². The lowest BCUT2D eigenvalue weighted by Gasteiger charge is -2.17. The van der Waals surface area contributed by atoms with Crippen LogP contribution in [0.25, 0.3) is 0 Å². The van der Waals surface area contributed by atoms with Gasteiger partial charge >= 0.3 is 0 Å². The molecule has 0 spiro atoms. The van der Waals surface area contributed by atoms with Gasteiger partial charge in [-0.2, -0.15) is 0 Å². The van der Waals surface area contributed by atoms with Crippen molar-refractivity contribution in [3.8, 4) is 0 Å². The zero-order valence-corrected chi connectivity index (χ0v) is 4.50. The molecule has 3 nitrogen and oxygen atoms in total. The normalized spacial score (nSPS) is 45.0. The largest absolute Gasteiger partial charge is 0.373 e. The van der Waals surface area contributed by atoms with Crippen LogP contribution < -0.4 is 0 Å². The quantitative estimate of drug-likeness (QED) is 0.437. The predicted octanol–water partition coefficient (Wildman–Crippen LogP) is -0.242. The zero-order chi connectivity index (χ0) is 5.40. The second kappa shape index (κ2) is 1.69. The van der Waals surface area contributed by atoms with Gasteiger partial charge in [-0.1, -0.05) is 0 Å². The third kappa shape index (κ3) is 0.632. The van der Waals surface area contributed by atoms with Gasteiger partial charge in [0.2, 0.25) is 0 Å². The van der Waals surface area contributed by atoms with Gasteiger partial charge in [0.05, 0.1) is 19.8 Å². The smallest absolute Gasteiger partial charge is 0.181 e. The highest BCUT2D eigenvalue weighted by Gasteiger charge is 2.30. The third-order valence-corrected chi connectivity index (χ3v) is 1.37. The lowest BCUT2D eigenvalue weighted by atomic mass is 10.4. The van der Waals surface area contributed by atoms with Crippen LogP contribution in [0.15, 0.2) is 0 Å². The third-order valence-electron chi connectivity index (χ3n) is 1.37. The molecule has 0 aliphatic carbocycles. The Morgan fingerprint density at radius 1 is 1.12 bits per heavy atom. The maximum absolute atomic E-state index is 5.25. The average Bonchev–Trinajstić information content (AvgIpc) is 2.12. The van der Waals surface area contributed by atoms with E-state index in [0.717, 1.165) is 0 Å². The van der Waals surface area contributed by atoms with Gasteiger partial charge in [-0.15, -0.1) is 0 Å². The number of rotatable bonds is 0. The van der Waals surface area contributed by atoms with Crippen molar-refractivity contribution in [2.24, 2.45) is 0 Å². The summed E-state index contributed by atoms with van der Waals surface area (Å²) in [5.41, 5.74) is 0. The lowest BCUT2D eigenvalue weighted by molar-refractivity contribution is -0.151. The molecular formula is C5H8O3. The van der Waals surface area contributed by atoms with Crippen molar-refractivity contribution >= 4 is 0 Å². The molecule has 0 N–H and O–H groups in total. The number of hydrogen-bond acceptors (Lipinski definition) is 3. The fourth-order valence-corrected chi connectivity index (χ4v) is 0.978. The average molecular weight is 116 g/mol. The van der Waals surface area contributed by atoms with E-state index < -0.39 is 0 Å². The molecule has 2 rings (SSSR count). The molecular weight excluding hydrogens is 108 g/mol. The van der Waals surface area contributed by atoms with Gasteiger partial charge in [0.25, 0.3) is 0 Å². The van der Waals surface area contributed by atoms with Crippen LogP contribution in [0.5, 0.6) is 0 Å². The van der Waals surface area contributed by atoms with Crippen LogP contribution in [0.1, 0.15) is 0 Å². The molecule has 3 heteroatoms. The van der Waals surface area contributed by atoms with Crippen LogP contribution in [0.3, 0.4) is 0 Å². The molecule has 0 aromatic carbocycles. The Bertz CT molecular complexity index is 79.7. The Balaban J connectivity index is 2.03. The highest BCUT2D eigenvalue weighted by molar-refractivity contribution is 4.68. The van der Waals surface area contributed by atoms with E-state index in [2.05, 4.69) is 0 Å². The molecule has 46 valence electrons. The molecule has 0 aromatic rings. The van der Waals surface area contributed by atoms with Gasteiger partial charge in [-0.25, -0.2) is 0 Å². The Hall–Kier alpha value is -0.120. The van der Waals surface area contributed by atoms with E-state index in [1.807, 2.05) is 0 Å². The van der Waals surface area contributed by atoms with E-state index in [0.29, 0.717) is 19.8 Å². The summed E-state index contributed by atoms with van der Waals surface area (Å²) in [5.74, 6) is 0. The first-order valence-electron chi connectivity index (χ1n) is 2.80. The Labute approximate surface area is 47.5 Å². The highest BCUT2D eigenvalue weighted by atomic mass is 16.8. The molecule has 0 amide bonds. The van der Waals surface area contributed by atoms with Crippen molar-refractivity contribution in [1.29, 1.82) is 0 Å². The van der Waals surface area contributed by atoms with Crippen LogP contribution in [-0.4, -0.2) is 32.2 Å². The Kier molecular flexibility index (Phi) is 0.997. The van der Waals surface area contributed by atoms with E-state index in [1.54, 1.807) is 0 Å². The second-order valence-electron chi connectivity index (χ2n) is 2.06. The summed E-state index contributed by atoms with van der Waals surface area (Å²) in [6.45, 7) is 2.03. The summed E-state index contributed by atoms with van der Waals surface area (Å²) >= 11 is 0. The summed E-state index contributed by atoms with van der Waals surface area (Å²) in [4.78, 5) is 0. The van der Waals surface area contributed by atoms with E-state index >= 15 is 0 Å². The fourth-order valence-electron chi connectivity index (χ4n) is 0.978. The summed E-state index contributed by atoms with van der Waals surface area (Å²) in [5, 5.41) is 0. The van der Waals surface area contributed by atoms with Crippen molar-refractivity contribution < 1.29 is 14.2 Å². The molecule has 2 atom stereocenters. The molecule has 2 bridgehead atoms. The monoisotopic (exact) mass is 116 g/mol. The first-order valence-corrected chi connectivity index (χ1v) is 2.80. The minimum atomic E-state index is -0.0613. The van der Waals surface area contributed by atoms with Crippen LogP contribution in [-0.2, 0) is 14.2 Å². The van der Waals surface area contributed by atoms with Gasteiger partial charge < -0.3 is 14.2 Å². The first-order chi connectivity index (χ1) is 3.95. The maximum atomic E-state index is 5.25. The van der Waals surface area contributed by atoms with Crippen LogP contribution in [0.2, 0.25) is 0 Å². The second-order valence-corrected chi connectivity index (χ2v) is 2.06. The molecule has 2 aliphatic heterocycles. The lowest BCUT2D eigenvalue weighted by Crippen LogP contribution is -2.28. The molecule has 2 unspecified atom stereocenters. The maximum Gasteiger partial charge on any atom is 0.181 e. The van der Waals surface area contributed by atoms with Gasteiger partial charge in [0.15, 0.2) is 6.29 Å². The minimum Gasteiger partial charge on any atom is -0.373 e. The summed E-state index contributed by atoms with van der Waals surface area (Å²) < 4.78 is 15.5. The Morgan fingerprint density at radius 3 is 2.88 bits per heavy atom. The van der Waals surface area contributed by atoms with E-state index in [9.17, 15) is 0 Å². The molecule has 0 aromatic heterocycles. The number of fused-ring (bicyclic) bond motifs is 2. The van der Waals surface area contributed by atoms with E-state index in [4.69, 9.17) is 14.2 Å². The molecule has 0 saturated carbocycles. The first kappa shape index (κ1) is 4.73. The number of hydrogen-bond donors (Lipinski definition) is 0. The SMILES string of the molecule is C1OCC2OCC1O2. The molecule has 2 fully saturated rings. The number of ether oxygens (including phenoxy) is 3. The van der Waals surface area contributed by atoms with Gasteiger partial charge in [0, 0.05) is 0 Å². The molecule has 2 heterocycles. The standard InChI is InChI=1S/C5H8O3/c1-4-2-7-5(8-4)3-6-1/h4-5H,1-3H2. The predicted molar refractivity (Wildman–Crippen MR) is 25.4 cm³/mol. The summed E-state index contributed by atoms with van der Waals surface area (Å²) in [6, 6.07) is 0. The molecule has 2 aliphatic rings. The van der Waals surface area contributed by atoms with Crippen LogP contribution >= 0.6 is 0 Å². The van der Waals surface area contributed by atoms with Crippen molar-refractivity contribution in [2.75, 3.05) is 19.8 Å².